The number of amides is 1. The smallest absolute Gasteiger partial charge is 0.233 e. The molecule has 1 saturated heterocycles. The Labute approximate surface area is 151 Å². The Hall–Kier alpha value is -1.93. The number of benzene rings is 1. The molecule has 3 rings (SSSR count). The quantitative estimate of drug-likeness (QED) is 0.776. The minimum absolute atomic E-state index is 0.0673. The van der Waals surface area contributed by atoms with Crippen molar-refractivity contribution in [3.63, 3.8) is 0 Å². The first-order chi connectivity index (χ1) is 12.0. The number of thioether (sulfide) groups is 1. The van der Waals surface area contributed by atoms with Gasteiger partial charge in [0.2, 0.25) is 11.1 Å². The molecule has 1 aliphatic heterocycles. The number of carbonyl (C=O) groups is 1. The number of hydrogen-bond donors (Lipinski definition) is 0. The third kappa shape index (κ3) is 4.01. The van der Waals surface area contributed by atoms with E-state index in [0.717, 1.165) is 16.8 Å². The zero-order chi connectivity index (χ0) is 18.0. The molecule has 0 unspecified atom stereocenters. The molecule has 1 aliphatic rings. The van der Waals surface area contributed by atoms with Crippen LogP contribution in [0.1, 0.15) is 25.0 Å². The van der Waals surface area contributed by atoms with Crippen LogP contribution < -0.4 is 0 Å². The van der Waals surface area contributed by atoms with Crippen LogP contribution in [-0.2, 0) is 9.53 Å². The monoisotopic (exact) mass is 361 g/mol. The van der Waals surface area contributed by atoms with Gasteiger partial charge >= 0.3 is 0 Å². The normalized spacial score (nSPS) is 20.7. The number of aryl methyl sites for hydroxylation is 2. The summed E-state index contributed by atoms with van der Waals surface area (Å²) in [7, 11) is 0. The molecule has 2 heterocycles. The molecule has 25 heavy (non-hydrogen) atoms. The Morgan fingerprint density at radius 1 is 1.24 bits per heavy atom. The zero-order valence-electron chi connectivity index (χ0n) is 15.0. The molecule has 0 N–H and O–H groups in total. The Morgan fingerprint density at radius 3 is 2.52 bits per heavy atom. The third-order valence-electron chi connectivity index (χ3n) is 4.19. The maximum Gasteiger partial charge on any atom is 0.233 e. The lowest BCUT2D eigenvalue weighted by Crippen LogP contribution is -2.48. The van der Waals surface area contributed by atoms with Gasteiger partial charge in [-0.25, -0.2) is 0 Å². The second-order valence-corrected chi connectivity index (χ2v) is 7.40. The summed E-state index contributed by atoms with van der Waals surface area (Å²) in [6.45, 7) is 9.30. The average Bonchev–Trinajstić information content (AvgIpc) is 2.99. The van der Waals surface area contributed by atoms with Gasteiger partial charge in [-0.15, -0.1) is 5.10 Å². The van der Waals surface area contributed by atoms with Gasteiger partial charge in [-0.3, -0.25) is 4.79 Å². The number of rotatable bonds is 4. The molecule has 0 saturated carbocycles. The van der Waals surface area contributed by atoms with Gasteiger partial charge in [0.15, 0.2) is 0 Å². The predicted octanol–water partition coefficient (Wildman–Crippen LogP) is 2.01. The molecule has 1 aromatic heterocycles. The van der Waals surface area contributed by atoms with Gasteiger partial charge in [-0.2, -0.15) is 4.68 Å². The number of carbonyl (C=O) groups excluding carboxylic acids is 1. The fourth-order valence-corrected chi connectivity index (χ4v) is 3.93. The van der Waals surface area contributed by atoms with E-state index in [1.165, 1.54) is 11.8 Å². The Balaban J connectivity index is 1.71. The Kier molecular flexibility index (Phi) is 5.39. The van der Waals surface area contributed by atoms with Crippen molar-refractivity contribution in [1.82, 2.24) is 25.1 Å². The molecule has 7 nitrogen and oxygen atoms in total. The average molecular weight is 361 g/mol. The van der Waals surface area contributed by atoms with Crippen molar-refractivity contribution in [2.75, 3.05) is 18.8 Å². The van der Waals surface area contributed by atoms with Crippen LogP contribution in [0.15, 0.2) is 23.4 Å². The number of morpholine rings is 1. The lowest BCUT2D eigenvalue weighted by Gasteiger charge is -2.35. The standard InChI is InChI=1S/C17H23N5O2S/c1-11-6-5-7-12(2)16(11)22-17(18-19-20-22)25-10-15(23)21-8-13(3)24-14(4)9-21/h5-7,13-14H,8-10H2,1-4H3/t13-,14-/m1/s1. The van der Waals surface area contributed by atoms with Crippen molar-refractivity contribution in [3.8, 4) is 5.69 Å². The Bertz CT molecular complexity index is 733. The van der Waals surface area contributed by atoms with Crippen molar-refractivity contribution >= 4 is 17.7 Å². The molecule has 2 atom stereocenters. The second kappa shape index (κ2) is 7.53. The van der Waals surface area contributed by atoms with Crippen LogP contribution in [0.4, 0.5) is 0 Å². The van der Waals surface area contributed by atoms with Crippen LogP contribution >= 0.6 is 11.8 Å². The maximum absolute atomic E-state index is 12.5. The van der Waals surface area contributed by atoms with E-state index in [4.69, 9.17) is 4.74 Å². The minimum Gasteiger partial charge on any atom is -0.372 e. The number of ether oxygens (including phenoxy) is 1. The van der Waals surface area contributed by atoms with Crippen LogP contribution in [0.2, 0.25) is 0 Å². The number of hydrogen-bond acceptors (Lipinski definition) is 6. The molecule has 134 valence electrons. The molecule has 1 aromatic carbocycles. The van der Waals surface area contributed by atoms with E-state index in [1.54, 1.807) is 4.68 Å². The minimum atomic E-state index is 0.0673. The van der Waals surface area contributed by atoms with E-state index in [-0.39, 0.29) is 18.1 Å². The second-order valence-electron chi connectivity index (χ2n) is 6.46. The number of para-hydroxylation sites is 1. The SMILES string of the molecule is Cc1cccc(C)c1-n1nnnc1SCC(=O)N1C[C@@H](C)O[C@H](C)C1. The summed E-state index contributed by atoms with van der Waals surface area (Å²) in [6, 6.07) is 6.07. The molecule has 2 aromatic rings. The zero-order valence-corrected chi connectivity index (χ0v) is 15.8. The Morgan fingerprint density at radius 2 is 1.88 bits per heavy atom. The fourth-order valence-electron chi connectivity index (χ4n) is 3.15. The molecule has 0 radical (unpaired) electrons. The van der Waals surface area contributed by atoms with E-state index < -0.39 is 0 Å². The van der Waals surface area contributed by atoms with E-state index in [2.05, 4.69) is 15.5 Å². The topological polar surface area (TPSA) is 73.1 Å². The number of nitrogens with zero attached hydrogens (tertiary/aromatic N) is 5. The van der Waals surface area contributed by atoms with Crippen molar-refractivity contribution in [1.29, 1.82) is 0 Å². The highest BCUT2D eigenvalue weighted by molar-refractivity contribution is 7.99. The first kappa shape index (κ1) is 17.9. The lowest BCUT2D eigenvalue weighted by atomic mass is 10.1. The molecule has 1 fully saturated rings. The van der Waals surface area contributed by atoms with Crippen molar-refractivity contribution in [3.05, 3.63) is 29.3 Å². The lowest BCUT2D eigenvalue weighted by molar-refractivity contribution is -0.140. The summed E-state index contributed by atoms with van der Waals surface area (Å²) < 4.78 is 7.40. The van der Waals surface area contributed by atoms with Gasteiger partial charge in [0.1, 0.15) is 0 Å². The number of aromatic nitrogens is 4. The molecule has 8 heteroatoms. The molecular weight excluding hydrogens is 338 g/mol. The molecule has 0 aliphatic carbocycles. The highest BCUT2D eigenvalue weighted by Gasteiger charge is 2.26. The van der Waals surface area contributed by atoms with E-state index in [1.807, 2.05) is 50.8 Å². The summed E-state index contributed by atoms with van der Waals surface area (Å²) in [4.78, 5) is 14.4. The van der Waals surface area contributed by atoms with Gasteiger partial charge < -0.3 is 9.64 Å². The van der Waals surface area contributed by atoms with E-state index in [9.17, 15) is 4.79 Å². The molecular formula is C17H23N5O2S. The first-order valence-electron chi connectivity index (χ1n) is 8.36. The molecule has 0 spiro atoms. The van der Waals surface area contributed by atoms with E-state index in [0.29, 0.717) is 24.0 Å². The van der Waals surface area contributed by atoms with Crippen molar-refractivity contribution in [2.45, 2.75) is 45.1 Å². The summed E-state index contributed by atoms with van der Waals surface area (Å²) in [5.74, 6) is 0.396. The summed E-state index contributed by atoms with van der Waals surface area (Å²) >= 11 is 1.36. The third-order valence-corrected chi connectivity index (χ3v) is 5.09. The largest absolute Gasteiger partial charge is 0.372 e. The maximum atomic E-state index is 12.5. The van der Waals surface area contributed by atoms with Gasteiger partial charge in [-0.1, -0.05) is 30.0 Å². The number of tetrazole rings is 1. The van der Waals surface area contributed by atoms with Crippen molar-refractivity contribution < 1.29 is 9.53 Å². The van der Waals surface area contributed by atoms with Crippen LogP contribution in [0.25, 0.3) is 5.69 Å². The van der Waals surface area contributed by atoms with Gasteiger partial charge in [-0.05, 0) is 49.2 Å². The van der Waals surface area contributed by atoms with Gasteiger partial charge in [0, 0.05) is 13.1 Å². The summed E-state index contributed by atoms with van der Waals surface area (Å²) in [5, 5.41) is 12.6. The van der Waals surface area contributed by atoms with Crippen LogP contribution in [0.3, 0.4) is 0 Å². The summed E-state index contributed by atoms with van der Waals surface area (Å²) in [6.07, 6.45) is 0.135. The highest BCUT2D eigenvalue weighted by atomic mass is 32.2. The first-order valence-corrected chi connectivity index (χ1v) is 9.35. The van der Waals surface area contributed by atoms with Crippen LogP contribution in [-0.4, -0.2) is 62.1 Å². The van der Waals surface area contributed by atoms with Crippen molar-refractivity contribution in [2.24, 2.45) is 0 Å². The van der Waals surface area contributed by atoms with Crippen LogP contribution in [0, 0.1) is 13.8 Å². The summed E-state index contributed by atoms with van der Waals surface area (Å²) in [5.41, 5.74) is 3.16. The van der Waals surface area contributed by atoms with E-state index >= 15 is 0 Å². The molecule has 0 bridgehead atoms. The fraction of sp³-hybridized carbons (Fsp3) is 0.529. The van der Waals surface area contributed by atoms with Crippen LogP contribution in [0.5, 0.6) is 0 Å². The molecule has 1 amide bonds. The van der Waals surface area contributed by atoms with Gasteiger partial charge in [0.05, 0.1) is 23.6 Å². The predicted molar refractivity (Wildman–Crippen MR) is 95.9 cm³/mol. The highest BCUT2D eigenvalue weighted by Crippen LogP contribution is 2.24. The van der Waals surface area contributed by atoms with Gasteiger partial charge in [0.25, 0.3) is 0 Å².